The van der Waals surface area contributed by atoms with Crippen LogP contribution >= 0.6 is 0 Å². The molecule has 0 radical (unpaired) electrons. The number of hydrogen-bond acceptors (Lipinski definition) is 2. The number of allylic oxidation sites excluding steroid dienone is 9. The molecule has 0 aliphatic carbocycles. The van der Waals surface area contributed by atoms with Gasteiger partial charge in [-0.2, -0.15) is 0 Å². The Morgan fingerprint density at radius 1 is 0.588 bits per heavy atom. The van der Waals surface area contributed by atoms with Crippen LogP contribution in [0.15, 0.2) is 93.5 Å². The molecule has 0 fully saturated rings. The molecule has 0 N–H and O–H groups in total. The van der Waals surface area contributed by atoms with Crippen LogP contribution in [0, 0.1) is 0 Å². The van der Waals surface area contributed by atoms with Crippen molar-refractivity contribution < 1.29 is 8.42 Å². The van der Waals surface area contributed by atoms with Crippen molar-refractivity contribution in [3.8, 4) is 0 Å². The van der Waals surface area contributed by atoms with Crippen LogP contribution < -0.4 is 0 Å². The van der Waals surface area contributed by atoms with Crippen LogP contribution in [0.4, 0.5) is 0 Å². The van der Waals surface area contributed by atoms with Gasteiger partial charge in [0.25, 0.3) is 0 Å². The van der Waals surface area contributed by atoms with Crippen LogP contribution in [-0.2, 0) is 9.84 Å². The number of hydrogen-bond donors (Lipinski definition) is 0. The van der Waals surface area contributed by atoms with Gasteiger partial charge in [-0.15, -0.1) is 0 Å². The highest BCUT2D eigenvalue weighted by molar-refractivity contribution is 7.91. The quantitative estimate of drug-likeness (QED) is 0.233. The topological polar surface area (TPSA) is 34.1 Å². The maximum Gasteiger partial charge on any atom is 0.181 e. The van der Waals surface area contributed by atoms with Crippen LogP contribution in [0.25, 0.3) is 0 Å². The SMILES string of the molecule is CC(C)=CCC/C(C)=C/CC/C(C)=C/CC/C(C)=C/CC/C(C)=C/CS(=O)(=O)c1ccccc1. The van der Waals surface area contributed by atoms with Crippen molar-refractivity contribution in [2.45, 2.75) is 97.8 Å². The normalized spacial score (nSPS) is 13.8. The van der Waals surface area contributed by atoms with Crippen LogP contribution in [0.2, 0.25) is 0 Å². The van der Waals surface area contributed by atoms with Crippen LogP contribution in [-0.4, -0.2) is 14.2 Å². The zero-order chi connectivity index (χ0) is 25.4. The molecular formula is C31H46O2S. The Balaban J connectivity index is 2.33. The van der Waals surface area contributed by atoms with Gasteiger partial charge in [-0.3, -0.25) is 0 Å². The molecule has 2 nitrogen and oxygen atoms in total. The van der Waals surface area contributed by atoms with Crippen LogP contribution in [0.3, 0.4) is 0 Å². The predicted octanol–water partition coefficient (Wildman–Crippen LogP) is 9.33. The molecule has 0 bridgehead atoms. The van der Waals surface area contributed by atoms with Gasteiger partial charge in [-0.25, -0.2) is 8.42 Å². The third-order valence-electron chi connectivity index (χ3n) is 5.94. The van der Waals surface area contributed by atoms with Gasteiger partial charge in [0.2, 0.25) is 0 Å². The summed E-state index contributed by atoms with van der Waals surface area (Å²) in [6.45, 7) is 13.0. The van der Waals surface area contributed by atoms with Crippen molar-refractivity contribution in [1.82, 2.24) is 0 Å². The summed E-state index contributed by atoms with van der Waals surface area (Å²) >= 11 is 0. The first-order valence-electron chi connectivity index (χ1n) is 12.6. The summed E-state index contributed by atoms with van der Waals surface area (Å²) in [7, 11) is -3.24. The standard InChI is InChI=1S/C31H46O2S/c1-26(2)14-10-15-27(3)16-11-17-28(4)18-12-19-29(5)20-13-21-30(6)24-25-34(32,33)31-22-8-7-9-23-31/h7-9,14,16,18,20,22-24H,10-13,15,17,19,21,25H2,1-6H3/b27-16+,28-18+,29-20+,30-24+. The molecule has 3 heteroatoms. The lowest BCUT2D eigenvalue weighted by Crippen LogP contribution is -2.04. The maximum atomic E-state index is 12.4. The van der Waals surface area contributed by atoms with E-state index in [1.807, 2.05) is 19.1 Å². The molecule has 1 aromatic carbocycles. The second-order valence-electron chi connectivity index (χ2n) is 9.73. The van der Waals surface area contributed by atoms with Crippen molar-refractivity contribution in [3.05, 3.63) is 88.6 Å². The Labute approximate surface area is 210 Å². The Morgan fingerprint density at radius 2 is 0.971 bits per heavy atom. The van der Waals surface area contributed by atoms with E-state index in [9.17, 15) is 8.42 Å². The molecule has 0 aromatic heterocycles. The highest BCUT2D eigenvalue weighted by Gasteiger charge is 2.11. The first-order chi connectivity index (χ1) is 16.1. The van der Waals surface area contributed by atoms with E-state index in [1.54, 1.807) is 24.3 Å². The summed E-state index contributed by atoms with van der Waals surface area (Å²) in [6, 6.07) is 8.68. The van der Waals surface area contributed by atoms with Gasteiger partial charge >= 0.3 is 0 Å². The average molecular weight is 483 g/mol. The summed E-state index contributed by atoms with van der Waals surface area (Å²) in [5, 5.41) is 0. The minimum absolute atomic E-state index is 0.0692. The molecule has 1 aromatic rings. The fourth-order valence-corrected chi connectivity index (χ4v) is 4.88. The number of sulfone groups is 1. The van der Waals surface area contributed by atoms with Crippen LogP contribution in [0.5, 0.6) is 0 Å². The Bertz CT molecular complexity index is 983. The lowest BCUT2D eigenvalue weighted by molar-refractivity contribution is 0.599. The van der Waals surface area contributed by atoms with E-state index in [4.69, 9.17) is 0 Å². The average Bonchev–Trinajstić information content (AvgIpc) is 2.78. The fourth-order valence-electron chi connectivity index (χ4n) is 3.61. The van der Waals surface area contributed by atoms with Gasteiger partial charge in [-0.1, -0.05) is 76.4 Å². The highest BCUT2D eigenvalue weighted by atomic mass is 32.2. The number of rotatable bonds is 15. The van der Waals surface area contributed by atoms with Crippen molar-refractivity contribution >= 4 is 9.84 Å². The highest BCUT2D eigenvalue weighted by Crippen LogP contribution is 2.16. The molecule has 0 spiro atoms. The minimum Gasteiger partial charge on any atom is -0.223 e. The molecule has 0 aliphatic rings. The van der Waals surface area contributed by atoms with Gasteiger partial charge in [0.15, 0.2) is 9.84 Å². The third-order valence-corrected chi connectivity index (χ3v) is 7.54. The van der Waals surface area contributed by atoms with E-state index in [0.29, 0.717) is 4.90 Å². The Morgan fingerprint density at radius 3 is 1.38 bits per heavy atom. The lowest BCUT2D eigenvalue weighted by Gasteiger charge is -2.04. The molecular weight excluding hydrogens is 436 g/mol. The zero-order valence-corrected chi connectivity index (χ0v) is 23.2. The monoisotopic (exact) mass is 482 g/mol. The fraction of sp³-hybridized carbons (Fsp3) is 0.484. The van der Waals surface area contributed by atoms with Gasteiger partial charge in [-0.05, 0) is 105 Å². The van der Waals surface area contributed by atoms with Gasteiger partial charge in [0, 0.05) is 0 Å². The largest absolute Gasteiger partial charge is 0.223 e. The first-order valence-corrected chi connectivity index (χ1v) is 14.3. The van der Waals surface area contributed by atoms with Crippen molar-refractivity contribution in [3.63, 3.8) is 0 Å². The Kier molecular flexibility index (Phi) is 14.5. The third kappa shape index (κ3) is 14.2. The van der Waals surface area contributed by atoms with Gasteiger partial charge in [0.05, 0.1) is 10.6 Å². The molecule has 0 saturated carbocycles. The molecule has 0 unspecified atom stereocenters. The smallest absolute Gasteiger partial charge is 0.181 e. The summed E-state index contributed by atoms with van der Waals surface area (Å²) in [6.07, 6.45) is 19.8. The van der Waals surface area contributed by atoms with Gasteiger partial charge in [0.1, 0.15) is 0 Å². The first kappa shape index (κ1) is 29.9. The predicted molar refractivity (Wildman–Crippen MR) is 150 cm³/mol. The summed E-state index contributed by atoms with van der Waals surface area (Å²) in [4.78, 5) is 0.392. The van der Waals surface area contributed by atoms with E-state index in [-0.39, 0.29) is 5.75 Å². The minimum atomic E-state index is -3.24. The molecule has 0 heterocycles. The molecule has 0 aliphatic heterocycles. The van der Waals surface area contributed by atoms with Crippen molar-refractivity contribution in [1.29, 1.82) is 0 Å². The molecule has 1 rings (SSSR count). The van der Waals surface area contributed by atoms with Crippen molar-refractivity contribution in [2.75, 3.05) is 5.75 Å². The van der Waals surface area contributed by atoms with E-state index >= 15 is 0 Å². The lowest BCUT2D eigenvalue weighted by atomic mass is 10.0. The summed E-state index contributed by atoms with van der Waals surface area (Å²) in [5.74, 6) is 0.0692. The zero-order valence-electron chi connectivity index (χ0n) is 22.4. The summed E-state index contributed by atoms with van der Waals surface area (Å²) < 4.78 is 24.8. The molecule has 34 heavy (non-hydrogen) atoms. The molecule has 0 atom stereocenters. The Hall–Kier alpha value is -2.13. The van der Waals surface area contributed by atoms with E-state index in [2.05, 4.69) is 58.9 Å². The molecule has 0 amide bonds. The second kappa shape index (κ2) is 16.5. The molecule has 0 saturated heterocycles. The number of benzene rings is 1. The van der Waals surface area contributed by atoms with E-state index in [0.717, 1.165) is 56.9 Å². The molecule has 188 valence electrons. The maximum absolute atomic E-state index is 12.4. The van der Waals surface area contributed by atoms with Gasteiger partial charge < -0.3 is 0 Å². The van der Waals surface area contributed by atoms with E-state index < -0.39 is 9.84 Å². The van der Waals surface area contributed by atoms with Crippen molar-refractivity contribution in [2.24, 2.45) is 0 Å². The van der Waals surface area contributed by atoms with E-state index in [1.165, 1.54) is 22.3 Å². The second-order valence-corrected chi connectivity index (χ2v) is 11.8. The summed E-state index contributed by atoms with van der Waals surface area (Å²) in [5.41, 5.74) is 6.90. The van der Waals surface area contributed by atoms with Crippen LogP contribution in [0.1, 0.15) is 92.9 Å².